The summed E-state index contributed by atoms with van der Waals surface area (Å²) in [5.41, 5.74) is 6.05. The molecule has 1 aromatic heterocycles. The van der Waals surface area contributed by atoms with Gasteiger partial charge in [-0.15, -0.1) is 11.3 Å². The van der Waals surface area contributed by atoms with Crippen LogP contribution in [0.5, 0.6) is 0 Å². The molecule has 16 heavy (non-hydrogen) atoms. The van der Waals surface area contributed by atoms with Crippen LogP contribution in [-0.2, 0) is 16.1 Å². The third-order valence-electron chi connectivity index (χ3n) is 1.75. The van der Waals surface area contributed by atoms with Gasteiger partial charge in [0.15, 0.2) is 0 Å². The van der Waals surface area contributed by atoms with Crippen LogP contribution in [0.25, 0.3) is 0 Å². The molecule has 1 aromatic rings. The molecular weight excluding hydrogens is 224 g/mol. The summed E-state index contributed by atoms with van der Waals surface area (Å²) in [6.45, 7) is 6.35. The van der Waals surface area contributed by atoms with Crippen molar-refractivity contribution < 1.29 is 9.53 Å². The number of hydrogen-bond acceptors (Lipinski definition) is 5. The summed E-state index contributed by atoms with van der Waals surface area (Å²) in [6, 6.07) is 1.86. The molecule has 90 valence electrons. The maximum atomic E-state index is 11.4. The largest absolute Gasteiger partial charge is 0.459 e. The molecule has 1 heterocycles. The Kier molecular flexibility index (Phi) is 4.32. The van der Waals surface area contributed by atoms with Gasteiger partial charge in [0.2, 0.25) is 0 Å². The first-order chi connectivity index (χ1) is 7.38. The summed E-state index contributed by atoms with van der Waals surface area (Å²) in [7, 11) is 0. The van der Waals surface area contributed by atoms with Crippen LogP contribution < -0.4 is 11.1 Å². The second kappa shape index (κ2) is 5.32. The summed E-state index contributed by atoms with van der Waals surface area (Å²) in [5, 5.41) is 4.94. The SMILES string of the molecule is CC(C)(C)OC(=O)CNCc1sccc1N. The monoisotopic (exact) mass is 242 g/mol. The fourth-order valence-electron chi connectivity index (χ4n) is 1.15. The molecule has 5 heteroatoms. The van der Waals surface area contributed by atoms with Crippen molar-refractivity contribution in [2.75, 3.05) is 12.3 Å². The smallest absolute Gasteiger partial charge is 0.320 e. The third kappa shape index (κ3) is 4.63. The van der Waals surface area contributed by atoms with Crippen molar-refractivity contribution >= 4 is 23.0 Å². The Morgan fingerprint density at radius 2 is 2.25 bits per heavy atom. The van der Waals surface area contributed by atoms with E-state index < -0.39 is 5.60 Å². The molecule has 1 rings (SSSR count). The number of anilines is 1. The van der Waals surface area contributed by atoms with Gasteiger partial charge in [0.1, 0.15) is 5.60 Å². The lowest BCUT2D eigenvalue weighted by molar-refractivity contribution is -0.153. The summed E-state index contributed by atoms with van der Waals surface area (Å²) in [5.74, 6) is -0.248. The lowest BCUT2D eigenvalue weighted by Gasteiger charge is -2.19. The van der Waals surface area contributed by atoms with Crippen LogP contribution in [0.1, 0.15) is 25.6 Å². The Morgan fingerprint density at radius 1 is 1.56 bits per heavy atom. The molecule has 0 radical (unpaired) electrons. The molecule has 0 aliphatic carbocycles. The second-order valence-electron chi connectivity index (χ2n) is 4.49. The van der Waals surface area contributed by atoms with Crippen molar-refractivity contribution in [2.45, 2.75) is 32.9 Å². The van der Waals surface area contributed by atoms with E-state index in [9.17, 15) is 4.79 Å². The minimum atomic E-state index is -0.430. The molecule has 0 aliphatic heterocycles. The van der Waals surface area contributed by atoms with Gasteiger partial charge >= 0.3 is 5.97 Å². The molecule has 0 unspecified atom stereocenters. The van der Waals surface area contributed by atoms with Crippen LogP contribution in [0.4, 0.5) is 5.69 Å². The maximum absolute atomic E-state index is 11.4. The molecule has 0 aliphatic rings. The highest BCUT2D eigenvalue weighted by molar-refractivity contribution is 7.10. The van der Waals surface area contributed by atoms with Gasteiger partial charge < -0.3 is 15.8 Å². The first kappa shape index (κ1) is 13.0. The van der Waals surface area contributed by atoms with Crippen LogP contribution in [0.15, 0.2) is 11.4 Å². The van der Waals surface area contributed by atoms with Gasteiger partial charge in [0.05, 0.1) is 6.54 Å². The van der Waals surface area contributed by atoms with Crippen molar-refractivity contribution in [3.05, 3.63) is 16.3 Å². The number of nitrogens with two attached hydrogens (primary N) is 1. The summed E-state index contributed by atoms with van der Waals surface area (Å²) in [4.78, 5) is 12.4. The van der Waals surface area contributed by atoms with Crippen molar-refractivity contribution in [2.24, 2.45) is 0 Å². The highest BCUT2D eigenvalue weighted by atomic mass is 32.1. The molecule has 4 nitrogen and oxygen atoms in total. The van der Waals surface area contributed by atoms with Crippen molar-refractivity contribution in [1.29, 1.82) is 0 Å². The molecule has 0 saturated carbocycles. The second-order valence-corrected chi connectivity index (χ2v) is 5.49. The third-order valence-corrected chi connectivity index (χ3v) is 2.69. The predicted octanol–water partition coefficient (Wildman–Crippen LogP) is 1.76. The van der Waals surface area contributed by atoms with E-state index in [1.54, 1.807) is 11.3 Å². The highest BCUT2D eigenvalue weighted by Gasteiger charge is 2.15. The Morgan fingerprint density at radius 3 is 2.75 bits per heavy atom. The van der Waals surface area contributed by atoms with E-state index in [-0.39, 0.29) is 12.5 Å². The maximum Gasteiger partial charge on any atom is 0.320 e. The van der Waals surface area contributed by atoms with E-state index in [4.69, 9.17) is 10.5 Å². The fourth-order valence-corrected chi connectivity index (χ4v) is 1.92. The zero-order chi connectivity index (χ0) is 12.2. The van der Waals surface area contributed by atoms with Gasteiger partial charge in [-0.2, -0.15) is 0 Å². The van der Waals surface area contributed by atoms with E-state index in [0.29, 0.717) is 6.54 Å². The summed E-state index contributed by atoms with van der Waals surface area (Å²) in [6.07, 6.45) is 0. The Balaban J connectivity index is 2.26. The van der Waals surface area contributed by atoms with Crippen LogP contribution >= 0.6 is 11.3 Å². The number of esters is 1. The average molecular weight is 242 g/mol. The molecule has 0 spiro atoms. The number of rotatable bonds is 4. The fraction of sp³-hybridized carbons (Fsp3) is 0.545. The van der Waals surface area contributed by atoms with E-state index in [1.165, 1.54) is 0 Å². The molecule has 0 amide bonds. The molecule has 0 fully saturated rings. The van der Waals surface area contributed by atoms with E-state index in [2.05, 4.69) is 5.32 Å². The molecule has 0 aromatic carbocycles. The van der Waals surface area contributed by atoms with E-state index in [0.717, 1.165) is 10.6 Å². The van der Waals surface area contributed by atoms with Gasteiger partial charge in [-0.1, -0.05) is 0 Å². The number of ether oxygens (including phenoxy) is 1. The molecular formula is C11H18N2O2S. The van der Waals surface area contributed by atoms with Gasteiger partial charge in [0, 0.05) is 17.1 Å². The van der Waals surface area contributed by atoms with Crippen LogP contribution in [0.3, 0.4) is 0 Å². The zero-order valence-electron chi connectivity index (χ0n) is 9.87. The lowest BCUT2D eigenvalue weighted by Crippen LogP contribution is -2.31. The Bertz CT molecular complexity index is 355. The predicted molar refractivity (Wildman–Crippen MR) is 66.3 cm³/mol. The van der Waals surface area contributed by atoms with E-state index in [1.807, 2.05) is 32.2 Å². The highest BCUT2D eigenvalue weighted by Crippen LogP contribution is 2.17. The van der Waals surface area contributed by atoms with Crippen molar-refractivity contribution in [1.82, 2.24) is 5.32 Å². The van der Waals surface area contributed by atoms with Gasteiger partial charge in [-0.05, 0) is 32.2 Å². The van der Waals surface area contributed by atoms with Crippen LogP contribution in [0.2, 0.25) is 0 Å². The van der Waals surface area contributed by atoms with Gasteiger partial charge in [-0.3, -0.25) is 4.79 Å². The number of nitrogens with one attached hydrogen (secondary N) is 1. The van der Waals surface area contributed by atoms with Crippen molar-refractivity contribution in [3.63, 3.8) is 0 Å². The Hall–Kier alpha value is -1.07. The number of thiophene rings is 1. The van der Waals surface area contributed by atoms with E-state index >= 15 is 0 Å². The number of nitrogen functional groups attached to an aromatic ring is 1. The first-order valence-electron chi connectivity index (χ1n) is 5.13. The number of hydrogen-bond donors (Lipinski definition) is 2. The summed E-state index contributed by atoms with van der Waals surface area (Å²) >= 11 is 1.57. The minimum Gasteiger partial charge on any atom is -0.459 e. The van der Waals surface area contributed by atoms with Crippen LogP contribution in [0, 0.1) is 0 Å². The minimum absolute atomic E-state index is 0.203. The standard InChI is InChI=1S/C11H18N2O2S/c1-11(2,3)15-10(14)7-13-6-9-8(12)4-5-16-9/h4-5,13H,6-7,12H2,1-3H3. The van der Waals surface area contributed by atoms with Crippen LogP contribution in [-0.4, -0.2) is 18.1 Å². The molecule has 3 N–H and O–H groups in total. The lowest BCUT2D eigenvalue weighted by atomic mass is 10.2. The molecule has 0 atom stereocenters. The molecule has 0 saturated heterocycles. The van der Waals surface area contributed by atoms with Gasteiger partial charge in [-0.25, -0.2) is 0 Å². The summed E-state index contributed by atoms with van der Waals surface area (Å²) < 4.78 is 5.16. The van der Waals surface area contributed by atoms with Gasteiger partial charge in [0.25, 0.3) is 0 Å². The topological polar surface area (TPSA) is 64.3 Å². The van der Waals surface area contributed by atoms with Crippen molar-refractivity contribution in [3.8, 4) is 0 Å². The number of carbonyl (C=O) groups excluding carboxylic acids is 1. The normalized spacial score (nSPS) is 11.4. The number of carbonyl (C=O) groups is 1. The zero-order valence-corrected chi connectivity index (χ0v) is 10.7. The average Bonchev–Trinajstić information content (AvgIpc) is 2.48. The Labute approximate surface area is 99.8 Å². The first-order valence-corrected chi connectivity index (χ1v) is 6.01. The quantitative estimate of drug-likeness (QED) is 0.790. The molecule has 0 bridgehead atoms.